The zero-order valence-electron chi connectivity index (χ0n) is 8.80. The van der Waals surface area contributed by atoms with Gasteiger partial charge in [-0.2, -0.15) is 0 Å². The van der Waals surface area contributed by atoms with E-state index in [0.29, 0.717) is 11.6 Å². The summed E-state index contributed by atoms with van der Waals surface area (Å²) in [6, 6.07) is 3.88. The fraction of sp³-hybridized carbons (Fsp3) is 0.364. The van der Waals surface area contributed by atoms with Crippen molar-refractivity contribution in [2.45, 2.75) is 20.4 Å². The minimum Gasteiger partial charge on any atom is -0.480 e. The van der Waals surface area contributed by atoms with E-state index in [1.54, 1.807) is 0 Å². The van der Waals surface area contributed by atoms with E-state index < -0.39 is 5.97 Å². The monoisotopic (exact) mass is 227 g/mol. The first kappa shape index (κ1) is 12.0. The molecule has 0 heterocycles. The van der Waals surface area contributed by atoms with E-state index >= 15 is 0 Å². The largest absolute Gasteiger partial charge is 0.480 e. The minimum atomic E-state index is -0.856. The third kappa shape index (κ3) is 3.53. The number of aliphatic carboxylic acids is 1. The molecule has 0 amide bonds. The number of carboxylic acids is 1. The zero-order chi connectivity index (χ0) is 11.4. The van der Waals surface area contributed by atoms with Crippen LogP contribution in [-0.4, -0.2) is 17.6 Å². The van der Waals surface area contributed by atoms with Gasteiger partial charge in [-0.15, -0.1) is 0 Å². The lowest BCUT2D eigenvalue weighted by Crippen LogP contribution is -2.22. The predicted octanol–water partition coefficient (Wildman–Crippen LogP) is 2.13. The number of halogens is 1. The fourth-order valence-electron chi connectivity index (χ4n) is 1.36. The Labute approximate surface area is 94.1 Å². The van der Waals surface area contributed by atoms with Crippen molar-refractivity contribution in [3.63, 3.8) is 0 Å². The van der Waals surface area contributed by atoms with Gasteiger partial charge in [0.1, 0.15) is 0 Å². The van der Waals surface area contributed by atoms with Crippen molar-refractivity contribution < 1.29 is 9.90 Å². The maximum absolute atomic E-state index is 10.3. The summed E-state index contributed by atoms with van der Waals surface area (Å²) in [7, 11) is 0. The summed E-state index contributed by atoms with van der Waals surface area (Å²) in [5.41, 5.74) is 3.19. The van der Waals surface area contributed by atoms with Gasteiger partial charge in [0.15, 0.2) is 0 Å². The molecule has 0 saturated carbocycles. The Kier molecular flexibility index (Phi) is 4.12. The molecule has 0 aliphatic rings. The molecule has 0 aliphatic carbocycles. The lowest BCUT2D eigenvalue weighted by atomic mass is 10.1. The van der Waals surface area contributed by atoms with Crippen LogP contribution in [0.3, 0.4) is 0 Å². The molecular formula is C11H14ClNO2. The normalized spacial score (nSPS) is 10.3. The molecule has 1 aromatic carbocycles. The topological polar surface area (TPSA) is 49.3 Å². The second kappa shape index (κ2) is 5.14. The first-order valence-corrected chi connectivity index (χ1v) is 5.06. The van der Waals surface area contributed by atoms with Crippen molar-refractivity contribution in [1.29, 1.82) is 0 Å². The molecule has 0 bridgehead atoms. The number of hydrogen-bond acceptors (Lipinski definition) is 2. The van der Waals surface area contributed by atoms with E-state index in [9.17, 15) is 4.79 Å². The summed E-state index contributed by atoms with van der Waals surface area (Å²) < 4.78 is 0. The van der Waals surface area contributed by atoms with Crippen molar-refractivity contribution in [3.05, 3.63) is 33.8 Å². The highest BCUT2D eigenvalue weighted by Crippen LogP contribution is 2.20. The molecule has 0 radical (unpaired) electrons. The van der Waals surface area contributed by atoms with Gasteiger partial charge < -0.3 is 10.4 Å². The van der Waals surface area contributed by atoms with E-state index in [0.717, 1.165) is 16.7 Å². The molecule has 1 aromatic rings. The van der Waals surface area contributed by atoms with Crippen LogP contribution < -0.4 is 5.32 Å². The third-order valence-electron chi connectivity index (χ3n) is 2.21. The van der Waals surface area contributed by atoms with Gasteiger partial charge in [-0.05, 0) is 36.6 Å². The Morgan fingerprint density at radius 3 is 2.67 bits per heavy atom. The molecule has 3 nitrogen and oxygen atoms in total. The number of carboxylic acid groups (broad SMARTS) is 1. The van der Waals surface area contributed by atoms with E-state index in [1.807, 2.05) is 26.0 Å². The third-order valence-corrected chi connectivity index (χ3v) is 2.62. The standard InChI is InChI=1S/C11H14ClNO2/c1-7-3-8(2)10(12)4-9(7)5-13-6-11(14)15/h3-4,13H,5-6H2,1-2H3,(H,14,15). The van der Waals surface area contributed by atoms with Crippen molar-refractivity contribution in [3.8, 4) is 0 Å². The molecule has 0 fully saturated rings. The lowest BCUT2D eigenvalue weighted by molar-refractivity contribution is -0.135. The molecular weight excluding hydrogens is 214 g/mol. The highest BCUT2D eigenvalue weighted by atomic mass is 35.5. The summed E-state index contributed by atoms with van der Waals surface area (Å²) >= 11 is 5.98. The van der Waals surface area contributed by atoms with Crippen LogP contribution in [0, 0.1) is 13.8 Å². The van der Waals surface area contributed by atoms with Crippen LogP contribution in [0.1, 0.15) is 16.7 Å². The maximum Gasteiger partial charge on any atom is 0.317 e. The molecule has 2 N–H and O–H groups in total. The molecule has 0 spiro atoms. The number of carbonyl (C=O) groups is 1. The van der Waals surface area contributed by atoms with Gasteiger partial charge >= 0.3 is 5.97 Å². The van der Waals surface area contributed by atoms with Crippen molar-refractivity contribution in [1.82, 2.24) is 5.32 Å². The smallest absolute Gasteiger partial charge is 0.317 e. The van der Waals surface area contributed by atoms with Crippen LogP contribution in [-0.2, 0) is 11.3 Å². The van der Waals surface area contributed by atoms with E-state index in [2.05, 4.69) is 5.32 Å². The summed E-state index contributed by atoms with van der Waals surface area (Å²) in [6.07, 6.45) is 0. The number of nitrogens with one attached hydrogen (secondary N) is 1. The Morgan fingerprint density at radius 1 is 1.40 bits per heavy atom. The van der Waals surface area contributed by atoms with Crippen LogP contribution >= 0.6 is 11.6 Å². The molecule has 0 unspecified atom stereocenters. The van der Waals surface area contributed by atoms with Gasteiger partial charge in [0.05, 0.1) is 6.54 Å². The van der Waals surface area contributed by atoms with Crippen LogP contribution in [0.5, 0.6) is 0 Å². The Hall–Kier alpha value is -1.06. The van der Waals surface area contributed by atoms with Crippen LogP contribution in [0.4, 0.5) is 0 Å². The highest BCUT2D eigenvalue weighted by Gasteiger charge is 2.03. The Balaban J connectivity index is 2.69. The summed E-state index contributed by atoms with van der Waals surface area (Å²) in [5.74, 6) is -0.856. The molecule has 0 atom stereocenters. The second-order valence-electron chi connectivity index (χ2n) is 3.53. The Bertz CT molecular complexity index is 377. The Morgan fingerprint density at radius 2 is 2.07 bits per heavy atom. The first-order valence-electron chi connectivity index (χ1n) is 4.69. The van der Waals surface area contributed by atoms with E-state index in [-0.39, 0.29) is 6.54 Å². The number of aryl methyl sites for hydroxylation is 2. The van der Waals surface area contributed by atoms with Crippen molar-refractivity contribution in [2.75, 3.05) is 6.54 Å². The van der Waals surface area contributed by atoms with Gasteiger partial charge in [-0.25, -0.2) is 0 Å². The van der Waals surface area contributed by atoms with Gasteiger partial charge in [0.25, 0.3) is 0 Å². The van der Waals surface area contributed by atoms with Gasteiger partial charge in [-0.3, -0.25) is 4.79 Å². The average molecular weight is 228 g/mol. The van der Waals surface area contributed by atoms with E-state index in [1.165, 1.54) is 0 Å². The van der Waals surface area contributed by atoms with Crippen molar-refractivity contribution in [2.24, 2.45) is 0 Å². The lowest BCUT2D eigenvalue weighted by Gasteiger charge is -2.08. The molecule has 0 saturated heterocycles. The number of hydrogen-bond donors (Lipinski definition) is 2. The SMILES string of the molecule is Cc1cc(C)c(CNCC(=O)O)cc1Cl. The predicted molar refractivity (Wildman–Crippen MR) is 60.3 cm³/mol. The van der Waals surface area contributed by atoms with Crippen LogP contribution in [0.15, 0.2) is 12.1 Å². The maximum atomic E-state index is 10.3. The van der Waals surface area contributed by atoms with E-state index in [4.69, 9.17) is 16.7 Å². The summed E-state index contributed by atoms with van der Waals surface area (Å²) in [4.78, 5) is 10.3. The minimum absolute atomic E-state index is 0.0368. The van der Waals surface area contributed by atoms with Crippen LogP contribution in [0.2, 0.25) is 5.02 Å². The van der Waals surface area contributed by atoms with Gasteiger partial charge in [-0.1, -0.05) is 17.7 Å². The second-order valence-corrected chi connectivity index (χ2v) is 3.93. The molecule has 0 aliphatic heterocycles. The molecule has 82 valence electrons. The van der Waals surface area contributed by atoms with Crippen LogP contribution in [0.25, 0.3) is 0 Å². The average Bonchev–Trinajstić information content (AvgIpc) is 2.13. The quantitative estimate of drug-likeness (QED) is 0.829. The molecule has 0 aromatic heterocycles. The number of benzene rings is 1. The fourth-order valence-corrected chi connectivity index (χ4v) is 1.55. The van der Waals surface area contributed by atoms with Gasteiger partial charge in [0, 0.05) is 11.6 Å². The summed E-state index contributed by atoms with van der Waals surface area (Å²) in [5, 5.41) is 12.0. The first-order chi connectivity index (χ1) is 7.00. The van der Waals surface area contributed by atoms with Crippen molar-refractivity contribution >= 4 is 17.6 Å². The van der Waals surface area contributed by atoms with Gasteiger partial charge in [0.2, 0.25) is 0 Å². The molecule has 1 rings (SSSR count). The summed E-state index contributed by atoms with van der Waals surface area (Å²) in [6.45, 7) is 4.42. The number of rotatable bonds is 4. The molecule has 4 heteroatoms. The molecule has 15 heavy (non-hydrogen) atoms. The highest BCUT2D eigenvalue weighted by molar-refractivity contribution is 6.31. The zero-order valence-corrected chi connectivity index (χ0v) is 9.56.